The Morgan fingerprint density at radius 3 is 2.34 bits per heavy atom. The first-order valence-electron chi connectivity index (χ1n) is 9.88. The van der Waals surface area contributed by atoms with Gasteiger partial charge in [0, 0.05) is 22.6 Å². The average molecular weight is 463 g/mol. The molecule has 4 aromatic rings. The van der Waals surface area contributed by atoms with Gasteiger partial charge < -0.3 is 5.32 Å². The van der Waals surface area contributed by atoms with Crippen LogP contribution in [-0.4, -0.2) is 28.1 Å². The first kappa shape index (κ1) is 21.7. The molecule has 0 bridgehead atoms. The Morgan fingerprint density at radius 1 is 0.906 bits per heavy atom. The molecule has 1 aromatic heterocycles. The van der Waals surface area contributed by atoms with Gasteiger partial charge in [-0.25, -0.2) is 0 Å². The van der Waals surface area contributed by atoms with Gasteiger partial charge in [0.1, 0.15) is 11.0 Å². The SMILES string of the molecule is O=C(NC(Cc1ccccc1)C(=O)Nc1nnc(-c2ccccc2)s1)c1cccc(Cl)c1. The van der Waals surface area contributed by atoms with Crippen molar-refractivity contribution >= 4 is 39.9 Å². The Hall–Kier alpha value is -3.55. The molecule has 160 valence electrons. The summed E-state index contributed by atoms with van der Waals surface area (Å²) in [5.74, 6) is -0.759. The minimum absolute atomic E-state index is 0.323. The molecule has 0 saturated heterocycles. The molecule has 1 unspecified atom stereocenters. The fraction of sp³-hybridized carbons (Fsp3) is 0.0833. The zero-order valence-electron chi connectivity index (χ0n) is 16.9. The lowest BCUT2D eigenvalue weighted by atomic mass is 10.0. The van der Waals surface area contributed by atoms with E-state index in [1.165, 1.54) is 11.3 Å². The summed E-state index contributed by atoms with van der Waals surface area (Å²) in [5.41, 5.74) is 2.22. The normalized spacial score (nSPS) is 11.5. The molecule has 3 aromatic carbocycles. The number of halogens is 1. The number of hydrogen-bond acceptors (Lipinski definition) is 5. The topological polar surface area (TPSA) is 84.0 Å². The van der Waals surface area contributed by atoms with Gasteiger partial charge in [0.15, 0.2) is 0 Å². The molecule has 1 heterocycles. The van der Waals surface area contributed by atoms with Crippen molar-refractivity contribution in [3.8, 4) is 10.6 Å². The van der Waals surface area contributed by atoms with Gasteiger partial charge in [0.2, 0.25) is 11.0 Å². The smallest absolute Gasteiger partial charge is 0.251 e. The first-order valence-corrected chi connectivity index (χ1v) is 11.1. The summed E-state index contributed by atoms with van der Waals surface area (Å²) in [5, 5.41) is 15.3. The summed E-state index contributed by atoms with van der Waals surface area (Å²) in [7, 11) is 0. The third-order valence-corrected chi connectivity index (χ3v) is 5.79. The minimum Gasteiger partial charge on any atom is -0.340 e. The van der Waals surface area contributed by atoms with Crippen LogP contribution in [0.1, 0.15) is 15.9 Å². The van der Waals surface area contributed by atoms with E-state index in [1.807, 2.05) is 60.7 Å². The number of nitrogens with zero attached hydrogens (tertiary/aromatic N) is 2. The third-order valence-electron chi connectivity index (χ3n) is 4.67. The van der Waals surface area contributed by atoms with Gasteiger partial charge in [-0.15, -0.1) is 10.2 Å². The van der Waals surface area contributed by atoms with Crippen LogP contribution >= 0.6 is 22.9 Å². The van der Waals surface area contributed by atoms with E-state index < -0.39 is 6.04 Å². The Bertz CT molecular complexity index is 1210. The number of anilines is 1. The van der Waals surface area contributed by atoms with E-state index in [4.69, 9.17) is 11.6 Å². The van der Waals surface area contributed by atoms with Gasteiger partial charge in [-0.05, 0) is 23.8 Å². The highest BCUT2D eigenvalue weighted by Gasteiger charge is 2.23. The van der Waals surface area contributed by atoms with Gasteiger partial charge in [0.25, 0.3) is 5.91 Å². The van der Waals surface area contributed by atoms with Gasteiger partial charge in [-0.2, -0.15) is 0 Å². The molecular weight excluding hydrogens is 444 g/mol. The number of aromatic nitrogens is 2. The zero-order chi connectivity index (χ0) is 22.3. The van der Waals surface area contributed by atoms with Crippen molar-refractivity contribution in [1.29, 1.82) is 0 Å². The molecular formula is C24H19ClN4O2S. The maximum atomic E-state index is 13.1. The molecule has 0 spiro atoms. The number of hydrogen-bond donors (Lipinski definition) is 2. The van der Waals surface area contributed by atoms with Crippen molar-refractivity contribution in [2.75, 3.05) is 5.32 Å². The monoisotopic (exact) mass is 462 g/mol. The highest BCUT2D eigenvalue weighted by molar-refractivity contribution is 7.18. The molecule has 0 aliphatic heterocycles. The van der Waals surface area contributed by atoms with Gasteiger partial charge in [0.05, 0.1) is 0 Å². The first-order chi connectivity index (χ1) is 15.6. The number of amides is 2. The summed E-state index contributed by atoms with van der Waals surface area (Å²) in [6.07, 6.45) is 0.323. The third kappa shape index (κ3) is 5.57. The summed E-state index contributed by atoms with van der Waals surface area (Å²) >= 11 is 7.28. The lowest BCUT2D eigenvalue weighted by Gasteiger charge is -2.18. The van der Waals surface area contributed by atoms with Crippen LogP contribution in [0, 0.1) is 0 Å². The second-order valence-corrected chi connectivity index (χ2v) is 8.41. The predicted octanol–water partition coefficient (Wildman–Crippen LogP) is 4.84. The number of carbonyl (C=O) groups excluding carboxylic acids is 2. The van der Waals surface area contributed by atoms with E-state index in [0.717, 1.165) is 11.1 Å². The van der Waals surface area contributed by atoms with E-state index in [0.29, 0.717) is 27.1 Å². The van der Waals surface area contributed by atoms with Crippen molar-refractivity contribution in [2.45, 2.75) is 12.5 Å². The fourth-order valence-corrected chi connectivity index (χ4v) is 4.04. The standard InChI is InChI=1S/C24H19ClN4O2S/c25-19-13-7-12-18(15-19)21(30)26-20(14-16-8-3-1-4-9-16)22(31)27-24-29-28-23(32-24)17-10-5-2-6-11-17/h1-13,15,20H,14H2,(H,26,30)(H,27,29,31). The van der Waals surface area contributed by atoms with Crippen LogP contribution in [0.25, 0.3) is 10.6 Å². The van der Waals surface area contributed by atoms with Crippen LogP contribution in [-0.2, 0) is 11.2 Å². The Kier molecular flexibility index (Phi) is 6.89. The molecule has 2 N–H and O–H groups in total. The number of carbonyl (C=O) groups is 2. The van der Waals surface area contributed by atoms with E-state index in [1.54, 1.807) is 24.3 Å². The highest BCUT2D eigenvalue weighted by Crippen LogP contribution is 2.26. The second kappa shape index (κ2) is 10.2. The number of nitrogens with one attached hydrogen (secondary N) is 2. The van der Waals surface area contributed by atoms with E-state index >= 15 is 0 Å². The molecule has 0 aliphatic rings. The van der Waals surface area contributed by atoms with Crippen LogP contribution < -0.4 is 10.6 Å². The van der Waals surface area contributed by atoms with Crippen LogP contribution in [0.5, 0.6) is 0 Å². The Balaban J connectivity index is 1.52. The molecule has 2 amide bonds. The molecule has 4 rings (SSSR count). The number of rotatable bonds is 7. The van der Waals surface area contributed by atoms with Crippen molar-refractivity contribution in [3.05, 3.63) is 101 Å². The molecule has 0 radical (unpaired) electrons. The van der Waals surface area contributed by atoms with Crippen LogP contribution in [0.15, 0.2) is 84.9 Å². The summed E-state index contributed by atoms with van der Waals surface area (Å²) in [6.45, 7) is 0. The molecule has 8 heteroatoms. The van der Waals surface area contributed by atoms with Crippen molar-refractivity contribution in [3.63, 3.8) is 0 Å². The summed E-state index contributed by atoms with van der Waals surface area (Å²) in [4.78, 5) is 25.9. The molecule has 0 fully saturated rings. The van der Waals surface area contributed by atoms with E-state index in [9.17, 15) is 9.59 Å². The quantitative estimate of drug-likeness (QED) is 0.411. The van der Waals surface area contributed by atoms with E-state index in [2.05, 4.69) is 20.8 Å². The molecule has 0 saturated carbocycles. The molecule has 0 aliphatic carbocycles. The van der Waals surface area contributed by atoms with Crippen molar-refractivity contribution in [2.24, 2.45) is 0 Å². The van der Waals surface area contributed by atoms with Crippen LogP contribution in [0.2, 0.25) is 5.02 Å². The fourth-order valence-electron chi connectivity index (χ4n) is 3.09. The largest absolute Gasteiger partial charge is 0.340 e. The zero-order valence-corrected chi connectivity index (χ0v) is 18.4. The lowest BCUT2D eigenvalue weighted by Crippen LogP contribution is -2.45. The lowest BCUT2D eigenvalue weighted by molar-refractivity contribution is -0.118. The van der Waals surface area contributed by atoms with Gasteiger partial charge in [-0.3, -0.25) is 14.9 Å². The van der Waals surface area contributed by atoms with Crippen molar-refractivity contribution in [1.82, 2.24) is 15.5 Å². The maximum absolute atomic E-state index is 13.1. The molecule has 6 nitrogen and oxygen atoms in total. The molecule has 1 atom stereocenters. The van der Waals surface area contributed by atoms with Crippen LogP contribution in [0.3, 0.4) is 0 Å². The predicted molar refractivity (Wildman–Crippen MR) is 127 cm³/mol. The minimum atomic E-state index is -0.812. The number of benzene rings is 3. The average Bonchev–Trinajstić information content (AvgIpc) is 3.28. The van der Waals surface area contributed by atoms with E-state index in [-0.39, 0.29) is 11.8 Å². The Morgan fingerprint density at radius 2 is 1.62 bits per heavy atom. The molecule has 32 heavy (non-hydrogen) atoms. The van der Waals surface area contributed by atoms with Gasteiger partial charge >= 0.3 is 0 Å². The summed E-state index contributed by atoms with van der Waals surface area (Å²) < 4.78 is 0. The summed E-state index contributed by atoms with van der Waals surface area (Å²) in [6, 6.07) is 24.9. The second-order valence-electron chi connectivity index (χ2n) is 6.99. The maximum Gasteiger partial charge on any atom is 0.251 e. The highest BCUT2D eigenvalue weighted by atomic mass is 35.5. The van der Waals surface area contributed by atoms with Crippen LogP contribution in [0.4, 0.5) is 5.13 Å². The van der Waals surface area contributed by atoms with Gasteiger partial charge in [-0.1, -0.05) is 89.7 Å². The van der Waals surface area contributed by atoms with Crippen molar-refractivity contribution < 1.29 is 9.59 Å². The Labute approximate surface area is 194 Å².